The molecule has 4 heteroatoms. The van der Waals surface area contributed by atoms with Gasteiger partial charge in [0, 0.05) is 18.8 Å². The largest absolute Gasteiger partial charge is 0.371 e. The van der Waals surface area contributed by atoms with Crippen LogP contribution in [0.5, 0.6) is 0 Å². The van der Waals surface area contributed by atoms with Crippen LogP contribution < -0.4 is 5.32 Å². The highest BCUT2D eigenvalue weighted by Crippen LogP contribution is 2.33. The van der Waals surface area contributed by atoms with E-state index in [0.717, 1.165) is 37.5 Å². The minimum atomic E-state index is 0.0867. The molecule has 4 nitrogen and oxygen atoms in total. The van der Waals surface area contributed by atoms with Crippen LogP contribution in [0, 0.1) is 0 Å². The standard InChI is InChI=1S/C15H20N2O2/c1-2-6-17-7-8-19-14(10-17)11-4-3-5-13-12(11)9-15(18)16-13/h3-5,14H,2,6-10H2,1H3,(H,16,18)/t14-/m0/s1. The second-order valence-corrected chi connectivity index (χ2v) is 5.26. The molecule has 3 rings (SSSR count). The summed E-state index contributed by atoms with van der Waals surface area (Å²) in [5, 5.41) is 2.91. The third-order valence-corrected chi connectivity index (χ3v) is 3.86. The molecule has 1 aromatic rings. The Morgan fingerprint density at radius 3 is 3.21 bits per heavy atom. The molecule has 102 valence electrons. The van der Waals surface area contributed by atoms with Crippen molar-refractivity contribution in [3.05, 3.63) is 29.3 Å². The number of hydrogen-bond donors (Lipinski definition) is 1. The normalized spacial score (nSPS) is 23.2. The molecule has 1 fully saturated rings. The van der Waals surface area contributed by atoms with Crippen molar-refractivity contribution in [2.24, 2.45) is 0 Å². The van der Waals surface area contributed by atoms with Crippen LogP contribution in [0.4, 0.5) is 5.69 Å². The number of nitrogens with one attached hydrogen (secondary N) is 1. The summed E-state index contributed by atoms with van der Waals surface area (Å²) in [4.78, 5) is 14.0. The minimum absolute atomic E-state index is 0.0867. The Labute approximate surface area is 113 Å². The molecule has 0 bridgehead atoms. The maximum absolute atomic E-state index is 11.5. The first-order valence-electron chi connectivity index (χ1n) is 7.03. The first-order chi connectivity index (χ1) is 9.28. The van der Waals surface area contributed by atoms with Crippen molar-refractivity contribution >= 4 is 11.6 Å². The number of ether oxygens (including phenoxy) is 1. The number of benzene rings is 1. The predicted molar refractivity (Wildman–Crippen MR) is 74.2 cm³/mol. The third-order valence-electron chi connectivity index (χ3n) is 3.86. The van der Waals surface area contributed by atoms with Crippen LogP contribution in [-0.2, 0) is 16.0 Å². The molecular formula is C15H20N2O2. The summed E-state index contributed by atoms with van der Waals surface area (Å²) < 4.78 is 5.92. The van der Waals surface area contributed by atoms with E-state index in [1.807, 2.05) is 12.1 Å². The Hall–Kier alpha value is -1.39. The molecule has 0 saturated carbocycles. The molecule has 0 aromatic heterocycles. The maximum atomic E-state index is 11.5. The number of carbonyl (C=O) groups excluding carboxylic acids is 1. The Balaban J connectivity index is 1.83. The van der Waals surface area contributed by atoms with E-state index in [1.165, 1.54) is 12.0 Å². The lowest BCUT2D eigenvalue weighted by atomic mass is 9.99. The van der Waals surface area contributed by atoms with Crippen molar-refractivity contribution in [2.45, 2.75) is 25.9 Å². The number of rotatable bonds is 3. The summed E-state index contributed by atoms with van der Waals surface area (Å²) in [7, 11) is 0. The zero-order chi connectivity index (χ0) is 13.2. The van der Waals surface area contributed by atoms with Crippen LogP contribution >= 0.6 is 0 Å². The molecule has 1 atom stereocenters. The number of nitrogens with zero attached hydrogens (tertiary/aromatic N) is 1. The van der Waals surface area contributed by atoms with Gasteiger partial charge in [0.1, 0.15) is 0 Å². The van der Waals surface area contributed by atoms with E-state index in [1.54, 1.807) is 0 Å². The molecule has 0 radical (unpaired) electrons. The van der Waals surface area contributed by atoms with Gasteiger partial charge >= 0.3 is 0 Å². The molecule has 1 N–H and O–H groups in total. The topological polar surface area (TPSA) is 41.6 Å². The zero-order valence-corrected chi connectivity index (χ0v) is 11.3. The van der Waals surface area contributed by atoms with Crippen molar-refractivity contribution in [1.82, 2.24) is 4.90 Å². The van der Waals surface area contributed by atoms with Gasteiger partial charge in [-0.2, -0.15) is 0 Å². The number of hydrogen-bond acceptors (Lipinski definition) is 3. The van der Waals surface area contributed by atoms with E-state index in [2.05, 4.69) is 23.2 Å². The van der Waals surface area contributed by atoms with Gasteiger partial charge in [-0.3, -0.25) is 9.69 Å². The number of anilines is 1. The second kappa shape index (κ2) is 5.31. The average molecular weight is 260 g/mol. The van der Waals surface area contributed by atoms with Crippen molar-refractivity contribution in [3.8, 4) is 0 Å². The predicted octanol–water partition coefficient (Wildman–Crippen LogP) is 1.96. The van der Waals surface area contributed by atoms with Crippen molar-refractivity contribution < 1.29 is 9.53 Å². The lowest BCUT2D eigenvalue weighted by molar-refractivity contribution is -0.115. The molecule has 1 aromatic carbocycles. The Morgan fingerprint density at radius 2 is 2.37 bits per heavy atom. The summed E-state index contributed by atoms with van der Waals surface area (Å²) >= 11 is 0. The summed E-state index contributed by atoms with van der Waals surface area (Å²) in [5.74, 6) is 0.0867. The zero-order valence-electron chi connectivity index (χ0n) is 11.3. The highest BCUT2D eigenvalue weighted by atomic mass is 16.5. The van der Waals surface area contributed by atoms with Gasteiger partial charge in [0.25, 0.3) is 0 Å². The monoisotopic (exact) mass is 260 g/mol. The van der Waals surface area contributed by atoms with Gasteiger partial charge < -0.3 is 10.1 Å². The van der Waals surface area contributed by atoms with Gasteiger partial charge in [-0.25, -0.2) is 0 Å². The number of morpholine rings is 1. The highest BCUT2D eigenvalue weighted by Gasteiger charge is 2.28. The van der Waals surface area contributed by atoms with Gasteiger partial charge in [0.15, 0.2) is 0 Å². The van der Waals surface area contributed by atoms with Gasteiger partial charge in [-0.15, -0.1) is 0 Å². The fraction of sp³-hybridized carbons (Fsp3) is 0.533. The molecule has 2 aliphatic rings. The smallest absolute Gasteiger partial charge is 0.228 e. The molecule has 1 amide bonds. The van der Waals surface area contributed by atoms with E-state index in [-0.39, 0.29) is 12.0 Å². The summed E-state index contributed by atoms with van der Waals surface area (Å²) in [6.45, 7) is 6.03. The fourth-order valence-electron chi connectivity index (χ4n) is 2.99. The maximum Gasteiger partial charge on any atom is 0.228 e. The van der Waals surface area contributed by atoms with Gasteiger partial charge in [-0.05, 0) is 30.2 Å². The van der Waals surface area contributed by atoms with Crippen molar-refractivity contribution in [2.75, 3.05) is 31.6 Å². The molecule has 2 heterocycles. The number of fused-ring (bicyclic) bond motifs is 1. The minimum Gasteiger partial charge on any atom is -0.371 e. The second-order valence-electron chi connectivity index (χ2n) is 5.26. The first-order valence-corrected chi connectivity index (χ1v) is 7.03. The van der Waals surface area contributed by atoms with Crippen LogP contribution in [-0.4, -0.2) is 37.0 Å². The third kappa shape index (κ3) is 2.51. The van der Waals surface area contributed by atoms with Crippen LogP contribution in [0.25, 0.3) is 0 Å². The fourth-order valence-corrected chi connectivity index (χ4v) is 2.99. The molecular weight excluding hydrogens is 240 g/mol. The van der Waals surface area contributed by atoms with E-state index >= 15 is 0 Å². The van der Waals surface area contributed by atoms with E-state index in [4.69, 9.17) is 4.74 Å². The van der Waals surface area contributed by atoms with E-state index in [9.17, 15) is 4.79 Å². The SMILES string of the molecule is CCCN1CCO[C@H](c2cccc3c2CC(=O)N3)C1. The van der Waals surface area contributed by atoms with Crippen LogP contribution in [0.1, 0.15) is 30.6 Å². The van der Waals surface area contributed by atoms with E-state index in [0.29, 0.717) is 6.42 Å². The quantitative estimate of drug-likeness (QED) is 0.903. The summed E-state index contributed by atoms with van der Waals surface area (Å²) in [6.07, 6.45) is 1.75. The lowest BCUT2D eigenvalue weighted by Gasteiger charge is -2.33. The van der Waals surface area contributed by atoms with Crippen molar-refractivity contribution in [3.63, 3.8) is 0 Å². The highest BCUT2D eigenvalue weighted by molar-refractivity contribution is 5.99. The Kier molecular flexibility index (Phi) is 3.53. The molecule has 0 unspecified atom stereocenters. The number of carbonyl (C=O) groups is 1. The van der Waals surface area contributed by atoms with Crippen LogP contribution in [0.2, 0.25) is 0 Å². The van der Waals surface area contributed by atoms with Crippen molar-refractivity contribution in [1.29, 1.82) is 0 Å². The van der Waals surface area contributed by atoms with E-state index < -0.39 is 0 Å². The summed E-state index contributed by atoms with van der Waals surface area (Å²) in [5.41, 5.74) is 3.26. The molecule has 0 spiro atoms. The van der Waals surface area contributed by atoms with Crippen LogP contribution in [0.3, 0.4) is 0 Å². The van der Waals surface area contributed by atoms with Gasteiger partial charge in [0.2, 0.25) is 5.91 Å². The first kappa shape index (κ1) is 12.6. The Bertz CT molecular complexity index is 485. The van der Waals surface area contributed by atoms with Crippen LogP contribution in [0.15, 0.2) is 18.2 Å². The lowest BCUT2D eigenvalue weighted by Crippen LogP contribution is -2.38. The molecule has 1 saturated heterocycles. The average Bonchev–Trinajstić information content (AvgIpc) is 2.79. The molecule has 0 aliphatic carbocycles. The van der Waals surface area contributed by atoms with Gasteiger partial charge in [-0.1, -0.05) is 19.1 Å². The molecule has 19 heavy (non-hydrogen) atoms. The number of amides is 1. The Morgan fingerprint density at radius 1 is 1.47 bits per heavy atom. The molecule has 2 aliphatic heterocycles. The van der Waals surface area contributed by atoms with Gasteiger partial charge in [0.05, 0.1) is 19.1 Å². The summed E-state index contributed by atoms with van der Waals surface area (Å²) in [6, 6.07) is 6.07.